The van der Waals surface area contributed by atoms with Crippen LogP contribution in [0.2, 0.25) is 0 Å². The minimum Gasteiger partial charge on any atom is -0.387 e. The van der Waals surface area contributed by atoms with Crippen molar-refractivity contribution in [3.8, 4) is 6.07 Å². The number of aliphatic hydroxyl groups is 1. The smallest absolute Gasteiger partial charge is 0.0991 e. The number of aromatic nitrogens is 1. The number of piperidine rings is 1. The zero-order valence-electron chi connectivity index (χ0n) is 15.3. The molecule has 0 radical (unpaired) electrons. The van der Waals surface area contributed by atoms with E-state index in [1.54, 1.807) is 12.1 Å². The molecule has 27 heavy (non-hydrogen) atoms. The highest BCUT2D eigenvalue weighted by atomic mass is 16.3. The molecule has 4 rings (SSSR count). The molecule has 0 spiro atoms. The van der Waals surface area contributed by atoms with Crippen LogP contribution in [-0.4, -0.2) is 34.6 Å². The third-order valence-electron chi connectivity index (χ3n) is 5.60. The van der Waals surface area contributed by atoms with Gasteiger partial charge in [0.25, 0.3) is 0 Å². The van der Waals surface area contributed by atoms with E-state index in [0.717, 1.165) is 31.5 Å². The van der Waals surface area contributed by atoms with Crippen molar-refractivity contribution in [3.63, 3.8) is 0 Å². The number of aliphatic hydroxyl groups excluding tert-OH is 1. The van der Waals surface area contributed by atoms with Gasteiger partial charge in [0.2, 0.25) is 0 Å². The van der Waals surface area contributed by atoms with Crippen LogP contribution in [0.1, 0.15) is 41.6 Å². The Bertz CT molecular complexity index is 948. The van der Waals surface area contributed by atoms with Gasteiger partial charge in [-0.15, -0.1) is 0 Å². The first-order valence-electron chi connectivity index (χ1n) is 9.48. The minimum atomic E-state index is -0.516. The summed E-state index contributed by atoms with van der Waals surface area (Å²) >= 11 is 0. The molecule has 1 aliphatic heterocycles. The highest BCUT2D eigenvalue weighted by molar-refractivity contribution is 5.85. The largest absolute Gasteiger partial charge is 0.387 e. The van der Waals surface area contributed by atoms with E-state index < -0.39 is 6.10 Å². The predicted molar refractivity (Wildman–Crippen MR) is 106 cm³/mol. The van der Waals surface area contributed by atoms with Crippen LogP contribution in [0.25, 0.3) is 10.8 Å². The highest BCUT2D eigenvalue weighted by Gasteiger charge is 2.23. The zero-order valence-corrected chi connectivity index (χ0v) is 15.3. The van der Waals surface area contributed by atoms with E-state index in [0.29, 0.717) is 18.0 Å². The van der Waals surface area contributed by atoms with Crippen molar-refractivity contribution in [3.05, 3.63) is 77.6 Å². The molecule has 4 nitrogen and oxygen atoms in total. The molecule has 4 heteroatoms. The maximum Gasteiger partial charge on any atom is 0.0991 e. The lowest BCUT2D eigenvalue weighted by Gasteiger charge is -2.33. The number of fused-ring (bicyclic) bond motifs is 1. The van der Waals surface area contributed by atoms with Crippen molar-refractivity contribution in [2.75, 3.05) is 19.6 Å². The van der Waals surface area contributed by atoms with Crippen molar-refractivity contribution < 1.29 is 5.11 Å². The van der Waals surface area contributed by atoms with E-state index in [4.69, 9.17) is 5.26 Å². The maximum atomic E-state index is 10.5. The number of nitrogens with zero attached hydrogens (tertiary/aromatic N) is 3. The standard InChI is InChI=1S/C23H23N3O/c24-14-17-4-6-19(7-5-17)23(27)16-26-12-9-18(10-13-26)21-3-1-2-20-15-25-11-8-22(20)21/h1-8,11,15,18,23,27H,9-10,12-13,16H2. The van der Waals surface area contributed by atoms with E-state index >= 15 is 0 Å². The summed E-state index contributed by atoms with van der Waals surface area (Å²) < 4.78 is 0. The molecule has 1 atom stereocenters. The third-order valence-corrected chi connectivity index (χ3v) is 5.60. The van der Waals surface area contributed by atoms with Crippen LogP contribution in [0, 0.1) is 11.3 Å². The number of pyridine rings is 1. The molecule has 1 saturated heterocycles. The first-order valence-corrected chi connectivity index (χ1v) is 9.48. The fourth-order valence-electron chi connectivity index (χ4n) is 4.06. The number of β-amino-alcohol motifs (C(OH)–C–C–N with tert-alkyl or cyclic N) is 1. The van der Waals surface area contributed by atoms with Gasteiger partial charge in [0.05, 0.1) is 17.7 Å². The zero-order chi connectivity index (χ0) is 18.6. The second-order valence-corrected chi connectivity index (χ2v) is 7.27. The molecule has 0 aliphatic carbocycles. The average Bonchev–Trinajstić information content (AvgIpc) is 2.74. The molecule has 2 heterocycles. The van der Waals surface area contributed by atoms with Crippen molar-refractivity contribution in [1.29, 1.82) is 5.26 Å². The van der Waals surface area contributed by atoms with Gasteiger partial charge >= 0.3 is 0 Å². The van der Waals surface area contributed by atoms with E-state index in [-0.39, 0.29) is 0 Å². The van der Waals surface area contributed by atoms with Crippen LogP contribution in [0.5, 0.6) is 0 Å². The SMILES string of the molecule is N#Cc1ccc(C(O)CN2CCC(c3cccc4cnccc34)CC2)cc1. The number of hydrogen-bond donors (Lipinski definition) is 1. The Balaban J connectivity index is 1.39. The maximum absolute atomic E-state index is 10.5. The van der Waals surface area contributed by atoms with E-state index in [2.05, 4.69) is 40.2 Å². The number of likely N-dealkylation sites (tertiary alicyclic amines) is 1. The summed E-state index contributed by atoms with van der Waals surface area (Å²) in [7, 11) is 0. The summed E-state index contributed by atoms with van der Waals surface area (Å²) in [6, 6.07) is 17.9. The molecule has 136 valence electrons. The molecule has 1 aliphatic rings. The Labute approximate surface area is 159 Å². The van der Waals surface area contributed by atoms with Crippen molar-refractivity contribution in [1.82, 2.24) is 9.88 Å². The van der Waals surface area contributed by atoms with Crippen LogP contribution in [0.3, 0.4) is 0 Å². The monoisotopic (exact) mass is 357 g/mol. The molecule has 3 aromatic rings. The number of hydrogen-bond acceptors (Lipinski definition) is 4. The van der Waals surface area contributed by atoms with Crippen LogP contribution in [0.4, 0.5) is 0 Å². The van der Waals surface area contributed by atoms with Crippen molar-refractivity contribution >= 4 is 10.8 Å². The summed E-state index contributed by atoms with van der Waals surface area (Å²) in [5.74, 6) is 0.555. The van der Waals surface area contributed by atoms with Gasteiger partial charge in [0.15, 0.2) is 0 Å². The molecule has 1 fully saturated rings. The predicted octanol–water partition coefficient (Wildman–Crippen LogP) is 4.02. The summed E-state index contributed by atoms with van der Waals surface area (Å²) in [6.07, 6.45) is 5.48. The molecule has 0 saturated carbocycles. The lowest BCUT2D eigenvalue weighted by molar-refractivity contribution is 0.0973. The van der Waals surface area contributed by atoms with Crippen LogP contribution in [0.15, 0.2) is 60.9 Å². The molecular weight excluding hydrogens is 334 g/mol. The average molecular weight is 357 g/mol. The first kappa shape index (κ1) is 17.7. The molecule has 1 unspecified atom stereocenters. The Morgan fingerprint density at radius 2 is 1.89 bits per heavy atom. The molecule has 0 amide bonds. The van der Waals surface area contributed by atoms with E-state index in [9.17, 15) is 5.11 Å². The lowest BCUT2D eigenvalue weighted by atomic mass is 9.86. The Morgan fingerprint density at radius 3 is 2.63 bits per heavy atom. The Morgan fingerprint density at radius 1 is 1.11 bits per heavy atom. The topological polar surface area (TPSA) is 60.1 Å². The lowest BCUT2D eigenvalue weighted by Crippen LogP contribution is -2.36. The molecular formula is C23H23N3O. The number of rotatable bonds is 4. The summed E-state index contributed by atoms with van der Waals surface area (Å²) in [5, 5.41) is 21.9. The number of benzene rings is 2. The minimum absolute atomic E-state index is 0.516. The molecule has 0 bridgehead atoms. The van der Waals surface area contributed by atoms with Gasteiger partial charge in [-0.3, -0.25) is 4.98 Å². The normalized spacial score (nSPS) is 16.9. The van der Waals surface area contributed by atoms with Gasteiger partial charge in [-0.2, -0.15) is 5.26 Å². The first-order chi connectivity index (χ1) is 13.2. The van der Waals surface area contributed by atoms with Gasteiger partial charge < -0.3 is 10.0 Å². The summed E-state index contributed by atoms with van der Waals surface area (Å²) in [6.45, 7) is 2.61. The Hall–Kier alpha value is -2.74. The second kappa shape index (κ2) is 7.87. The molecule has 1 N–H and O–H groups in total. The van der Waals surface area contributed by atoms with Gasteiger partial charge in [-0.25, -0.2) is 0 Å². The fraction of sp³-hybridized carbons (Fsp3) is 0.304. The van der Waals surface area contributed by atoms with Crippen LogP contribution < -0.4 is 0 Å². The summed E-state index contributed by atoms with van der Waals surface area (Å²) in [5.41, 5.74) is 2.91. The molecule has 1 aromatic heterocycles. The summed E-state index contributed by atoms with van der Waals surface area (Å²) in [4.78, 5) is 6.57. The van der Waals surface area contributed by atoms with Crippen molar-refractivity contribution in [2.45, 2.75) is 24.9 Å². The van der Waals surface area contributed by atoms with Gasteiger partial charge in [-0.1, -0.05) is 30.3 Å². The van der Waals surface area contributed by atoms with Gasteiger partial charge in [-0.05, 0) is 66.6 Å². The highest BCUT2D eigenvalue weighted by Crippen LogP contribution is 2.33. The van der Waals surface area contributed by atoms with E-state index in [1.165, 1.54) is 16.3 Å². The van der Waals surface area contributed by atoms with Crippen LogP contribution >= 0.6 is 0 Å². The van der Waals surface area contributed by atoms with Gasteiger partial charge in [0.1, 0.15) is 0 Å². The van der Waals surface area contributed by atoms with Crippen molar-refractivity contribution in [2.24, 2.45) is 0 Å². The van der Waals surface area contributed by atoms with Gasteiger partial charge in [0, 0.05) is 24.3 Å². The second-order valence-electron chi connectivity index (χ2n) is 7.27. The van der Waals surface area contributed by atoms with E-state index in [1.807, 2.05) is 24.5 Å². The number of nitriles is 1. The molecule has 2 aromatic carbocycles. The third kappa shape index (κ3) is 3.85. The Kier molecular flexibility index (Phi) is 5.15. The quantitative estimate of drug-likeness (QED) is 0.766. The van der Waals surface area contributed by atoms with Crippen LogP contribution in [-0.2, 0) is 0 Å². The fourth-order valence-corrected chi connectivity index (χ4v) is 4.06.